The van der Waals surface area contributed by atoms with Gasteiger partial charge in [0, 0.05) is 25.1 Å². The Hall–Kier alpha value is -3.22. The number of aryl methyl sites for hydroxylation is 1. The standard InChI is InChI=1S/C16H14N4O3/c1-10-3-2-8-20-13(10)19-15(22)12(16(20)23)14(21)18-9-11-4-6-17-7-5-11/h2-8,22H,9H2,1H3,(H,18,21). The normalized spacial score (nSPS) is 10.7. The first-order valence-electron chi connectivity index (χ1n) is 6.96. The predicted molar refractivity (Wildman–Crippen MR) is 83.3 cm³/mol. The lowest BCUT2D eigenvalue weighted by molar-refractivity contribution is 0.0945. The van der Waals surface area contributed by atoms with E-state index in [-0.39, 0.29) is 12.1 Å². The van der Waals surface area contributed by atoms with E-state index in [0.29, 0.717) is 5.65 Å². The van der Waals surface area contributed by atoms with E-state index in [4.69, 9.17) is 0 Å². The van der Waals surface area contributed by atoms with Crippen LogP contribution in [0.25, 0.3) is 5.65 Å². The van der Waals surface area contributed by atoms with Crippen LogP contribution in [0.5, 0.6) is 5.88 Å². The van der Waals surface area contributed by atoms with Gasteiger partial charge in [-0.25, -0.2) is 0 Å². The van der Waals surface area contributed by atoms with Crippen LogP contribution in [-0.4, -0.2) is 25.4 Å². The maximum absolute atomic E-state index is 12.4. The molecule has 0 aliphatic carbocycles. The van der Waals surface area contributed by atoms with Gasteiger partial charge in [-0.05, 0) is 36.2 Å². The van der Waals surface area contributed by atoms with Crippen molar-refractivity contribution < 1.29 is 9.90 Å². The van der Waals surface area contributed by atoms with Crippen molar-refractivity contribution in [2.24, 2.45) is 0 Å². The minimum Gasteiger partial charge on any atom is -0.493 e. The summed E-state index contributed by atoms with van der Waals surface area (Å²) in [6.07, 6.45) is 4.72. The van der Waals surface area contributed by atoms with Crippen molar-refractivity contribution in [3.8, 4) is 5.88 Å². The Morgan fingerprint density at radius 3 is 2.78 bits per heavy atom. The highest BCUT2D eigenvalue weighted by Gasteiger charge is 2.20. The molecule has 3 rings (SSSR count). The molecule has 0 saturated heterocycles. The highest BCUT2D eigenvalue weighted by Crippen LogP contribution is 2.13. The predicted octanol–water partition coefficient (Wildman–Crippen LogP) is 1.03. The Balaban J connectivity index is 1.96. The van der Waals surface area contributed by atoms with Gasteiger partial charge in [-0.3, -0.25) is 19.0 Å². The number of pyridine rings is 2. The summed E-state index contributed by atoms with van der Waals surface area (Å²) in [6, 6.07) is 6.94. The number of fused-ring (bicyclic) bond motifs is 1. The van der Waals surface area contributed by atoms with Gasteiger partial charge in [0.15, 0.2) is 5.56 Å². The summed E-state index contributed by atoms with van der Waals surface area (Å²) in [6.45, 7) is 1.99. The van der Waals surface area contributed by atoms with Crippen molar-refractivity contribution in [3.63, 3.8) is 0 Å². The van der Waals surface area contributed by atoms with Gasteiger partial charge in [0.05, 0.1) is 0 Å². The fraction of sp³-hybridized carbons (Fsp3) is 0.125. The third kappa shape index (κ3) is 2.76. The van der Waals surface area contributed by atoms with E-state index in [0.717, 1.165) is 11.1 Å². The van der Waals surface area contributed by atoms with Crippen LogP contribution in [0.15, 0.2) is 47.7 Å². The molecule has 7 nitrogen and oxygen atoms in total. The zero-order valence-corrected chi connectivity index (χ0v) is 12.4. The minimum absolute atomic E-state index is 0.219. The van der Waals surface area contributed by atoms with E-state index < -0.39 is 17.3 Å². The number of hydrogen-bond donors (Lipinski definition) is 2. The first kappa shape index (κ1) is 14.7. The van der Waals surface area contributed by atoms with Crippen LogP contribution in [-0.2, 0) is 6.54 Å². The Morgan fingerprint density at radius 2 is 2.04 bits per heavy atom. The van der Waals surface area contributed by atoms with E-state index in [9.17, 15) is 14.7 Å². The second-order valence-electron chi connectivity index (χ2n) is 5.04. The summed E-state index contributed by atoms with van der Waals surface area (Å²) in [5.41, 5.74) is 0.896. The Labute approximate surface area is 131 Å². The van der Waals surface area contributed by atoms with Gasteiger partial charge in [0.25, 0.3) is 11.5 Å². The number of carbonyl (C=O) groups is 1. The van der Waals surface area contributed by atoms with Gasteiger partial charge in [0.1, 0.15) is 5.65 Å². The van der Waals surface area contributed by atoms with E-state index in [1.165, 1.54) is 10.6 Å². The number of nitrogens with zero attached hydrogens (tertiary/aromatic N) is 3. The first-order valence-corrected chi connectivity index (χ1v) is 6.96. The molecule has 3 aromatic heterocycles. The molecule has 0 fully saturated rings. The van der Waals surface area contributed by atoms with Gasteiger partial charge in [-0.15, -0.1) is 0 Å². The number of aromatic hydroxyl groups is 1. The zero-order valence-electron chi connectivity index (χ0n) is 12.4. The summed E-state index contributed by atoms with van der Waals surface area (Å²) in [5, 5.41) is 12.6. The van der Waals surface area contributed by atoms with Crippen molar-refractivity contribution in [3.05, 3.63) is 69.9 Å². The van der Waals surface area contributed by atoms with Crippen LogP contribution >= 0.6 is 0 Å². The van der Waals surface area contributed by atoms with Gasteiger partial charge in [-0.1, -0.05) is 6.07 Å². The largest absolute Gasteiger partial charge is 0.493 e. The van der Waals surface area contributed by atoms with Crippen LogP contribution in [0.2, 0.25) is 0 Å². The van der Waals surface area contributed by atoms with Crippen molar-refractivity contribution >= 4 is 11.6 Å². The number of aromatic nitrogens is 3. The molecule has 3 heterocycles. The summed E-state index contributed by atoms with van der Waals surface area (Å²) >= 11 is 0. The van der Waals surface area contributed by atoms with Crippen LogP contribution in [0.3, 0.4) is 0 Å². The zero-order chi connectivity index (χ0) is 16.4. The molecule has 0 saturated carbocycles. The topological polar surface area (TPSA) is 96.6 Å². The van der Waals surface area contributed by atoms with Gasteiger partial charge in [0.2, 0.25) is 5.88 Å². The Morgan fingerprint density at radius 1 is 1.30 bits per heavy atom. The summed E-state index contributed by atoms with van der Waals surface area (Å²) in [4.78, 5) is 32.5. The highest BCUT2D eigenvalue weighted by molar-refractivity contribution is 5.96. The van der Waals surface area contributed by atoms with Gasteiger partial charge in [-0.2, -0.15) is 4.98 Å². The number of hydrogen-bond acceptors (Lipinski definition) is 5. The van der Waals surface area contributed by atoms with Gasteiger partial charge < -0.3 is 10.4 Å². The Kier molecular flexibility index (Phi) is 3.76. The molecule has 2 N–H and O–H groups in total. The molecule has 0 radical (unpaired) electrons. The lowest BCUT2D eigenvalue weighted by Crippen LogP contribution is -2.31. The molecule has 23 heavy (non-hydrogen) atoms. The van der Waals surface area contributed by atoms with Crippen molar-refractivity contribution in [2.75, 3.05) is 0 Å². The number of nitrogens with one attached hydrogen (secondary N) is 1. The third-order valence-electron chi connectivity index (χ3n) is 3.46. The maximum Gasteiger partial charge on any atom is 0.274 e. The maximum atomic E-state index is 12.4. The lowest BCUT2D eigenvalue weighted by Gasteiger charge is -2.09. The average molecular weight is 310 g/mol. The third-order valence-corrected chi connectivity index (χ3v) is 3.46. The molecule has 1 amide bonds. The fourth-order valence-electron chi connectivity index (χ4n) is 2.26. The summed E-state index contributed by atoms with van der Waals surface area (Å²) < 4.78 is 1.25. The minimum atomic E-state index is -0.673. The van der Waals surface area contributed by atoms with E-state index in [1.54, 1.807) is 43.6 Å². The van der Waals surface area contributed by atoms with Crippen LogP contribution in [0, 0.1) is 6.92 Å². The second kappa shape index (κ2) is 5.88. The molecule has 116 valence electrons. The molecule has 0 aliphatic heterocycles. The number of amides is 1. The number of rotatable bonds is 3. The second-order valence-corrected chi connectivity index (χ2v) is 5.04. The molecule has 3 aromatic rings. The Bertz CT molecular complexity index is 935. The monoisotopic (exact) mass is 310 g/mol. The molecular formula is C16H14N4O3. The van der Waals surface area contributed by atoms with E-state index in [1.807, 2.05) is 0 Å². The van der Waals surface area contributed by atoms with Crippen LogP contribution in [0.1, 0.15) is 21.5 Å². The molecule has 0 aromatic carbocycles. The quantitative estimate of drug-likeness (QED) is 0.753. The molecule has 0 bridgehead atoms. The summed E-state index contributed by atoms with van der Waals surface area (Å²) in [5.74, 6) is -1.25. The van der Waals surface area contributed by atoms with E-state index in [2.05, 4.69) is 15.3 Å². The molecule has 0 spiro atoms. The number of carbonyl (C=O) groups excluding carboxylic acids is 1. The molecule has 0 atom stereocenters. The van der Waals surface area contributed by atoms with Gasteiger partial charge >= 0.3 is 0 Å². The fourth-order valence-corrected chi connectivity index (χ4v) is 2.26. The molecule has 0 unspecified atom stereocenters. The lowest BCUT2D eigenvalue weighted by atomic mass is 10.2. The first-order chi connectivity index (χ1) is 11.1. The van der Waals surface area contributed by atoms with E-state index >= 15 is 0 Å². The van der Waals surface area contributed by atoms with Crippen LogP contribution < -0.4 is 10.9 Å². The summed E-state index contributed by atoms with van der Waals surface area (Å²) in [7, 11) is 0. The van der Waals surface area contributed by atoms with Crippen molar-refractivity contribution in [1.29, 1.82) is 0 Å². The van der Waals surface area contributed by atoms with Crippen LogP contribution in [0.4, 0.5) is 0 Å². The van der Waals surface area contributed by atoms with Crippen molar-refractivity contribution in [1.82, 2.24) is 19.7 Å². The average Bonchev–Trinajstić information content (AvgIpc) is 2.55. The van der Waals surface area contributed by atoms with Crippen molar-refractivity contribution in [2.45, 2.75) is 13.5 Å². The molecular weight excluding hydrogens is 296 g/mol. The SMILES string of the molecule is Cc1cccn2c(=O)c(C(=O)NCc3ccncc3)c(O)nc12. The molecule has 0 aliphatic rings. The molecule has 7 heteroatoms. The highest BCUT2D eigenvalue weighted by atomic mass is 16.3. The smallest absolute Gasteiger partial charge is 0.274 e.